The number of ether oxygens (including phenoxy) is 1. The topological polar surface area (TPSA) is 70.7 Å². The predicted octanol–water partition coefficient (Wildman–Crippen LogP) is 3.46. The number of nitrogens with one attached hydrogen (secondary N) is 2. The van der Waals surface area contributed by atoms with E-state index in [1.807, 2.05) is 36.4 Å². The molecule has 1 aliphatic heterocycles. The summed E-state index contributed by atoms with van der Waals surface area (Å²) in [5, 5.41) is 5.88. The number of carbonyl (C=O) groups excluding carboxylic acids is 2. The van der Waals surface area contributed by atoms with Gasteiger partial charge in [0.25, 0.3) is 0 Å². The zero-order chi connectivity index (χ0) is 20.2. The van der Waals surface area contributed by atoms with E-state index in [0.29, 0.717) is 25.7 Å². The zero-order valence-electron chi connectivity index (χ0n) is 16.1. The molecule has 2 aliphatic rings. The number of hydrogen-bond acceptors (Lipinski definition) is 4. The highest BCUT2D eigenvalue weighted by Gasteiger charge is 2.43. The average molecular weight is 458 g/mol. The first-order chi connectivity index (χ1) is 14.1. The molecule has 2 N–H and O–H groups in total. The minimum Gasteiger partial charge on any atom is -0.379 e. The van der Waals surface area contributed by atoms with Crippen LogP contribution in [-0.4, -0.2) is 49.6 Å². The average Bonchev–Trinajstić information content (AvgIpc) is 3.52. The van der Waals surface area contributed by atoms with E-state index in [-0.39, 0.29) is 17.7 Å². The summed E-state index contributed by atoms with van der Waals surface area (Å²) in [7, 11) is 0. The van der Waals surface area contributed by atoms with Crippen LogP contribution in [0.1, 0.15) is 17.9 Å². The molecule has 2 fully saturated rings. The fraction of sp³-hybridized carbons (Fsp3) is 0.364. The van der Waals surface area contributed by atoms with Crippen LogP contribution >= 0.6 is 15.9 Å². The molecule has 6 nitrogen and oxygen atoms in total. The molecule has 1 heterocycles. The van der Waals surface area contributed by atoms with Crippen molar-refractivity contribution in [2.45, 2.75) is 12.3 Å². The Kier molecular flexibility index (Phi) is 6.28. The molecule has 4 rings (SSSR count). The fourth-order valence-electron chi connectivity index (χ4n) is 3.60. The van der Waals surface area contributed by atoms with E-state index < -0.39 is 0 Å². The molecule has 2 atom stereocenters. The van der Waals surface area contributed by atoms with Gasteiger partial charge < -0.3 is 15.4 Å². The molecule has 2 aromatic rings. The molecule has 7 heteroatoms. The van der Waals surface area contributed by atoms with E-state index in [1.165, 1.54) is 5.56 Å². The molecule has 29 heavy (non-hydrogen) atoms. The van der Waals surface area contributed by atoms with E-state index >= 15 is 0 Å². The van der Waals surface area contributed by atoms with Crippen LogP contribution in [0.2, 0.25) is 0 Å². The van der Waals surface area contributed by atoms with Crippen LogP contribution in [0.4, 0.5) is 11.4 Å². The predicted molar refractivity (Wildman–Crippen MR) is 116 cm³/mol. The van der Waals surface area contributed by atoms with Gasteiger partial charge in [-0.3, -0.25) is 14.5 Å². The third-order valence-corrected chi connectivity index (χ3v) is 5.86. The number of anilines is 2. The smallest absolute Gasteiger partial charge is 0.238 e. The zero-order valence-corrected chi connectivity index (χ0v) is 17.7. The quantitative estimate of drug-likeness (QED) is 0.696. The van der Waals surface area contributed by atoms with Gasteiger partial charge in [-0.15, -0.1) is 0 Å². The summed E-state index contributed by atoms with van der Waals surface area (Å²) in [6.45, 7) is 3.26. The summed E-state index contributed by atoms with van der Waals surface area (Å²) >= 11 is 3.44. The van der Waals surface area contributed by atoms with Gasteiger partial charge in [0.15, 0.2) is 0 Å². The summed E-state index contributed by atoms with van der Waals surface area (Å²) in [6, 6.07) is 15.4. The number of carbonyl (C=O) groups is 2. The first kappa shape index (κ1) is 20.1. The number of hydrogen-bond donors (Lipinski definition) is 2. The standard InChI is InChI=1S/C22H24BrN3O3/c23-16-3-1-15(2-4-16)19-13-20(19)22(28)25-18-7-5-17(6-8-18)24-21(27)14-26-9-11-29-12-10-26/h1-8,19-20H,9-14H2,(H,24,27)(H,25,28). The van der Waals surface area contributed by atoms with Crippen molar-refractivity contribution >= 4 is 39.1 Å². The molecule has 2 unspecified atom stereocenters. The number of benzene rings is 2. The van der Waals surface area contributed by atoms with Crippen molar-refractivity contribution in [3.8, 4) is 0 Å². The number of nitrogens with zero attached hydrogens (tertiary/aromatic N) is 1. The Hall–Kier alpha value is -2.22. The van der Waals surface area contributed by atoms with Gasteiger partial charge in [-0.1, -0.05) is 28.1 Å². The van der Waals surface area contributed by atoms with Crippen molar-refractivity contribution in [3.05, 3.63) is 58.6 Å². The Labute approximate surface area is 178 Å². The molecule has 1 aliphatic carbocycles. The summed E-state index contributed by atoms with van der Waals surface area (Å²) in [5.74, 6) is 0.312. The van der Waals surface area contributed by atoms with E-state index in [0.717, 1.165) is 35.4 Å². The van der Waals surface area contributed by atoms with Crippen molar-refractivity contribution in [1.82, 2.24) is 4.90 Å². The number of morpholine rings is 1. The maximum Gasteiger partial charge on any atom is 0.238 e. The molecule has 2 aromatic carbocycles. The molecule has 152 valence electrons. The maximum absolute atomic E-state index is 12.5. The van der Waals surface area contributed by atoms with Gasteiger partial charge in [-0.2, -0.15) is 0 Å². The van der Waals surface area contributed by atoms with Gasteiger partial charge in [-0.25, -0.2) is 0 Å². The van der Waals surface area contributed by atoms with Crippen LogP contribution in [0.15, 0.2) is 53.0 Å². The Balaban J connectivity index is 1.25. The first-order valence-corrected chi connectivity index (χ1v) is 10.6. The number of amides is 2. The monoisotopic (exact) mass is 457 g/mol. The van der Waals surface area contributed by atoms with Gasteiger partial charge in [0.2, 0.25) is 11.8 Å². The second-order valence-electron chi connectivity index (χ2n) is 7.50. The highest BCUT2D eigenvalue weighted by molar-refractivity contribution is 9.10. The molecule has 1 saturated carbocycles. The van der Waals surface area contributed by atoms with Crippen LogP contribution in [0, 0.1) is 5.92 Å². The van der Waals surface area contributed by atoms with Gasteiger partial charge >= 0.3 is 0 Å². The largest absolute Gasteiger partial charge is 0.379 e. The lowest BCUT2D eigenvalue weighted by Crippen LogP contribution is -2.41. The molecule has 0 spiro atoms. The summed E-state index contributed by atoms with van der Waals surface area (Å²) in [6.07, 6.45) is 0.878. The van der Waals surface area contributed by atoms with E-state index in [1.54, 1.807) is 0 Å². The van der Waals surface area contributed by atoms with Crippen molar-refractivity contribution in [1.29, 1.82) is 0 Å². The SMILES string of the molecule is O=C(CN1CCOCC1)Nc1ccc(NC(=O)C2CC2c2ccc(Br)cc2)cc1. The minimum atomic E-state index is -0.0426. The van der Waals surface area contributed by atoms with Gasteiger partial charge in [0.1, 0.15) is 0 Å². The molecular weight excluding hydrogens is 434 g/mol. The molecular formula is C22H24BrN3O3. The van der Waals surface area contributed by atoms with Crippen molar-refractivity contribution in [2.24, 2.45) is 5.92 Å². The van der Waals surface area contributed by atoms with E-state index in [2.05, 4.69) is 43.6 Å². The Bertz CT molecular complexity index is 864. The lowest BCUT2D eigenvalue weighted by Gasteiger charge is -2.25. The van der Waals surface area contributed by atoms with E-state index in [4.69, 9.17) is 4.74 Å². The molecule has 1 saturated heterocycles. The van der Waals surface area contributed by atoms with E-state index in [9.17, 15) is 9.59 Å². The fourth-order valence-corrected chi connectivity index (χ4v) is 3.86. The summed E-state index contributed by atoms with van der Waals surface area (Å²) in [5.41, 5.74) is 2.66. The Morgan fingerprint density at radius 3 is 2.24 bits per heavy atom. The summed E-state index contributed by atoms with van der Waals surface area (Å²) in [4.78, 5) is 26.7. The normalized spacial score (nSPS) is 21.4. The highest BCUT2D eigenvalue weighted by atomic mass is 79.9. The van der Waals surface area contributed by atoms with Gasteiger partial charge in [-0.05, 0) is 54.3 Å². The number of rotatable bonds is 6. The lowest BCUT2D eigenvalue weighted by molar-refractivity contribution is -0.118. The van der Waals surface area contributed by atoms with Crippen LogP contribution in [0.5, 0.6) is 0 Å². The van der Waals surface area contributed by atoms with Gasteiger partial charge in [0.05, 0.1) is 19.8 Å². The van der Waals surface area contributed by atoms with Gasteiger partial charge in [0, 0.05) is 34.9 Å². The first-order valence-electron chi connectivity index (χ1n) is 9.85. The third kappa shape index (κ3) is 5.44. The molecule has 2 amide bonds. The van der Waals surface area contributed by atoms with Crippen LogP contribution in [-0.2, 0) is 14.3 Å². The maximum atomic E-state index is 12.5. The lowest BCUT2D eigenvalue weighted by atomic mass is 10.1. The third-order valence-electron chi connectivity index (χ3n) is 5.33. The van der Waals surface area contributed by atoms with Crippen LogP contribution in [0.25, 0.3) is 0 Å². The summed E-state index contributed by atoms with van der Waals surface area (Å²) < 4.78 is 6.33. The molecule has 0 aromatic heterocycles. The second-order valence-corrected chi connectivity index (χ2v) is 8.42. The van der Waals surface area contributed by atoms with Crippen molar-refractivity contribution < 1.29 is 14.3 Å². The Morgan fingerprint density at radius 1 is 0.966 bits per heavy atom. The second kappa shape index (κ2) is 9.07. The Morgan fingerprint density at radius 2 is 1.59 bits per heavy atom. The van der Waals surface area contributed by atoms with Crippen LogP contribution < -0.4 is 10.6 Å². The molecule has 0 bridgehead atoms. The van der Waals surface area contributed by atoms with Crippen molar-refractivity contribution in [2.75, 3.05) is 43.5 Å². The molecule has 0 radical (unpaired) electrons. The minimum absolute atomic E-state index is 0.0177. The van der Waals surface area contributed by atoms with Crippen LogP contribution in [0.3, 0.4) is 0 Å². The number of halogens is 1. The highest BCUT2D eigenvalue weighted by Crippen LogP contribution is 2.48. The van der Waals surface area contributed by atoms with Crippen molar-refractivity contribution in [3.63, 3.8) is 0 Å².